The average Bonchev–Trinajstić information content (AvgIpc) is 2.45. The van der Waals surface area contributed by atoms with Gasteiger partial charge in [-0.05, 0) is 12.1 Å². The maximum Gasteiger partial charge on any atom is 0.223 e. The van der Waals surface area contributed by atoms with Gasteiger partial charge in [-0.25, -0.2) is 9.97 Å². The van der Waals surface area contributed by atoms with E-state index in [0.29, 0.717) is 18.2 Å². The molecule has 6 heteroatoms. The standard InChI is InChI=1S/C13H14N4OS/c1-18-11-5-3-2-4-9(11)8-16-13-15-7-6-10(17-13)12(14)19/h2-7H,8H2,1H3,(H2,14,19)(H,15,16,17). The summed E-state index contributed by atoms with van der Waals surface area (Å²) < 4.78 is 5.27. The molecule has 0 aliphatic heterocycles. The number of nitrogens with zero attached hydrogens (tertiary/aromatic N) is 2. The fraction of sp³-hybridized carbons (Fsp3) is 0.154. The highest BCUT2D eigenvalue weighted by atomic mass is 32.1. The summed E-state index contributed by atoms with van der Waals surface area (Å²) in [6.07, 6.45) is 1.62. The van der Waals surface area contributed by atoms with Gasteiger partial charge in [-0.15, -0.1) is 0 Å². The fourth-order valence-electron chi connectivity index (χ4n) is 1.60. The van der Waals surface area contributed by atoms with Crippen LogP contribution in [0.25, 0.3) is 0 Å². The van der Waals surface area contributed by atoms with Crippen LogP contribution in [0.1, 0.15) is 11.3 Å². The van der Waals surface area contributed by atoms with Crippen LogP contribution in [-0.4, -0.2) is 22.1 Å². The first-order valence-electron chi connectivity index (χ1n) is 5.69. The molecule has 0 fully saturated rings. The van der Waals surface area contributed by atoms with Crippen LogP contribution < -0.4 is 15.8 Å². The molecule has 1 heterocycles. The van der Waals surface area contributed by atoms with Gasteiger partial charge in [0, 0.05) is 18.3 Å². The summed E-state index contributed by atoms with van der Waals surface area (Å²) in [5, 5.41) is 3.11. The molecule has 0 amide bonds. The van der Waals surface area contributed by atoms with E-state index in [4.69, 9.17) is 22.7 Å². The van der Waals surface area contributed by atoms with E-state index in [1.165, 1.54) is 0 Å². The van der Waals surface area contributed by atoms with Crippen LogP contribution in [0.5, 0.6) is 5.75 Å². The summed E-state index contributed by atoms with van der Waals surface area (Å²) >= 11 is 4.88. The van der Waals surface area contributed by atoms with Gasteiger partial charge in [-0.1, -0.05) is 30.4 Å². The first kappa shape index (κ1) is 13.2. The lowest BCUT2D eigenvalue weighted by Crippen LogP contribution is -2.13. The molecule has 1 aromatic carbocycles. The van der Waals surface area contributed by atoms with E-state index >= 15 is 0 Å². The van der Waals surface area contributed by atoms with Gasteiger partial charge >= 0.3 is 0 Å². The fourth-order valence-corrected chi connectivity index (χ4v) is 1.72. The lowest BCUT2D eigenvalue weighted by Gasteiger charge is -2.09. The smallest absolute Gasteiger partial charge is 0.223 e. The molecule has 0 atom stereocenters. The molecule has 0 aliphatic rings. The second kappa shape index (κ2) is 6.10. The topological polar surface area (TPSA) is 73.1 Å². The van der Waals surface area contributed by atoms with Gasteiger partial charge in [0.25, 0.3) is 0 Å². The van der Waals surface area contributed by atoms with E-state index in [2.05, 4.69) is 15.3 Å². The largest absolute Gasteiger partial charge is 0.496 e. The van der Waals surface area contributed by atoms with Gasteiger partial charge in [-0.2, -0.15) is 0 Å². The van der Waals surface area contributed by atoms with E-state index < -0.39 is 0 Å². The highest BCUT2D eigenvalue weighted by Crippen LogP contribution is 2.17. The predicted molar refractivity (Wildman–Crippen MR) is 78.2 cm³/mol. The maximum atomic E-state index is 5.53. The highest BCUT2D eigenvalue weighted by Gasteiger charge is 2.04. The van der Waals surface area contributed by atoms with Crippen LogP contribution >= 0.6 is 12.2 Å². The number of hydrogen-bond acceptors (Lipinski definition) is 5. The van der Waals surface area contributed by atoms with Crippen molar-refractivity contribution in [2.75, 3.05) is 12.4 Å². The molecule has 1 aromatic heterocycles. The van der Waals surface area contributed by atoms with Crippen molar-refractivity contribution in [2.45, 2.75) is 6.54 Å². The molecule has 2 aromatic rings. The van der Waals surface area contributed by atoms with Gasteiger partial charge in [0.2, 0.25) is 5.95 Å². The molecule has 0 saturated heterocycles. The number of anilines is 1. The van der Waals surface area contributed by atoms with E-state index in [-0.39, 0.29) is 4.99 Å². The van der Waals surface area contributed by atoms with E-state index in [0.717, 1.165) is 11.3 Å². The minimum absolute atomic E-state index is 0.253. The Morgan fingerprint density at radius 2 is 2.16 bits per heavy atom. The number of benzene rings is 1. The van der Waals surface area contributed by atoms with Crippen LogP contribution in [-0.2, 0) is 6.54 Å². The van der Waals surface area contributed by atoms with Crippen LogP contribution in [0.15, 0.2) is 36.5 Å². The second-order valence-corrected chi connectivity index (χ2v) is 4.23. The van der Waals surface area contributed by atoms with Crippen molar-refractivity contribution < 1.29 is 4.74 Å². The maximum absolute atomic E-state index is 5.53. The Morgan fingerprint density at radius 1 is 1.37 bits per heavy atom. The minimum Gasteiger partial charge on any atom is -0.496 e. The molecule has 98 valence electrons. The van der Waals surface area contributed by atoms with Crippen LogP contribution in [0.2, 0.25) is 0 Å². The zero-order chi connectivity index (χ0) is 13.7. The van der Waals surface area contributed by atoms with Crippen molar-refractivity contribution in [3.05, 3.63) is 47.8 Å². The lowest BCUT2D eigenvalue weighted by atomic mass is 10.2. The summed E-state index contributed by atoms with van der Waals surface area (Å²) in [5.74, 6) is 1.30. The third-order valence-corrected chi connectivity index (χ3v) is 2.75. The van der Waals surface area contributed by atoms with Gasteiger partial charge < -0.3 is 15.8 Å². The van der Waals surface area contributed by atoms with Gasteiger partial charge in [0.15, 0.2) is 0 Å². The highest BCUT2D eigenvalue weighted by molar-refractivity contribution is 7.80. The minimum atomic E-state index is 0.253. The van der Waals surface area contributed by atoms with Gasteiger partial charge in [0.05, 0.1) is 7.11 Å². The first-order chi connectivity index (χ1) is 9.20. The SMILES string of the molecule is COc1ccccc1CNc1nccc(C(N)=S)n1. The number of hydrogen-bond donors (Lipinski definition) is 2. The number of methoxy groups -OCH3 is 1. The quantitative estimate of drug-likeness (QED) is 0.809. The van der Waals surface area contributed by atoms with Crippen molar-refractivity contribution >= 4 is 23.2 Å². The van der Waals surface area contributed by atoms with Crippen molar-refractivity contribution in [1.82, 2.24) is 9.97 Å². The molecular weight excluding hydrogens is 260 g/mol. The average molecular weight is 274 g/mol. The Balaban J connectivity index is 2.10. The molecule has 0 saturated carbocycles. The number of nitrogens with one attached hydrogen (secondary N) is 1. The number of ether oxygens (including phenoxy) is 1. The summed E-state index contributed by atoms with van der Waals surface area (Å²) in [6.45, 7) is 0.560. The number of nitrogens with two attached hydrogens (primary N) is 1. The number of thiocarbonyl (C=S) groups is 1. The van der Waals surface area contributed by atoms with Crippen LogP contribution in [0, 0.1) is 0 Å². The number of rotatable bonds is 5. The van der Waals surface area contributed by atoms with Gasteiger partial charge in [-0.3, -0.25) is 0 Å². The normalized spacial score (nSPS) is 9.95. The molecule has 0 unspecified atom stereocenters. The first-order valence-corrected chi connectivity index (χ1v) is 6.10. The summed E-state index contributed by atoms with van der Waals surface area (Å²) in [4.78, 5) is 8.58. The number of aromatic nitrogens is 2. The van der Waals surface area contributed by atoms with Crippen molar-refractivity contribution in [3.63, 3.8) is 0 Å². The molecule has 2 rings (SSSR count). The Labute approximate surface area is 116 Å². The zero-order valence-electron chi connectivity index (χ0n) is 10.5. The molecule has 0 aliphatic carbocycles. The third kappa shape index (κ3) is 3.38. The Morgan fingerprint density at radius 3 is 2.89 bits per heavy atom. The molecule has 3 N–H and O–H groups in total. The Kier molecular flexibility index (Phi) is 4.25. The Bertz CT molecular complexity index is 588. The number of para-hydroxylation sites is 1. The molecule has 0 bridgehead atoms. The summed E-state index contributed by atoms with van der Waals surface area (Å²) in [5.41, 5.74) is 7.10. The van der Waals surface area contributed by atoms with Gasteiger partial charge in [0.1, 0.15) is 16.4 Å². The third-order valence-electron chi connectivity index (χ3n) is 2.54. The molecule has 0 spiro atoms. The summed E-state index contributed by atoms with van der Waals surface area (Å²) in [7, 11) is 1.64. The van der Waals surface area contributed by atoms with Crippen molar-refractivity contribution in [2.24, 2.45) is 5.73 Å². The summed E-state index contributed by atoms with van der Waals surface area (Å²) in [6, 6.07) is 9.43. The molecule has 19 heavy (non-hydrogen) atoms. The monoisotopic (exact) mass is 274 g/mol. The van der Waals surface area contributed by atoms with E-state index in [1.54, 1.807) is 19.4 Å². The second-order valence-electron chi connectivity index (χ2n) is 3.80. The molecule has 0 radical (unpaired) electrons. The van der Waals surface area contributed by atoms with Crippen LogP contribution in [0.4, 0.5) is 5.95 Å². The van der Waals surface area contributed by atoms with Crippen molar-refractivity contribution in [3.8, 4) is 5.75 Å². The van der Waals surface area contributed by atoms with E-state index in [1.807, 2.05) is 24.3 Å². The molecule has 5 nitrogen and oxygen atoms in total. The Hall–Kier alpha value is -2.21. The predicted octanol–water partition coefficient (Wildman–Crippen LogP) is 1.73. The van der Waals surface area contributed by atoms with Crippen molar-refractivity contribution in [1.29, 1.82) is 0 Å². The molecular formula is C13H14N4OS. The zero-order valence-corrected chi connectivity index (χ0v) is 11.3. The van der Waals surface area contributed by atoms with E-state index in [9.17, 15) is 0 Å². The van der Waals surface area contributed by atoms with Crippen LogP contribution in [0.3, 0.4) is 0 Å². The lowest BCUT2D eigenvalue weighted by molar-refractivity contribution is 0.410.